The third-order valence-corrected chi connectivity index (χ3v) is 4.69. The molecule has 0 radical (unpaired) electrons. The highest BCUT2D eigenvalue weighted by molar-refractivity contribution is 7.22. The van der Waals surface area contributed by atoms with Crippen molar-refractivity contribution < 1.29 is 9.53 Å². The minimum Gasteiger partial charge on any atom is -0.465 e. The van der Waals surface area contributed by atoms with Crippen LogP contribution in [0.4, 0.5) is 0 Å². The van der Waals surface area contributed by atoms with E-state index in [-0.39, 0.29) is 5.97 Å². The summed E-state index contributed by atoms with van der Waals surface area (Å²) in [4.78, 5) is 20.6. The molecular formula is C12H13ClN2O2S2. The highest BCUT2D eigenvalue weighted by atomic mass is 35.5. The second kappa shape index (κ2) is 5.56. The minimum absolute atomic E-state index is 0.274. The predicted octanol–water partition coefficient (Wildman–Crippen LogP) is 3.76. The van der Waals surface area contributed by atoms with Crippen LogP contribution in [0.15, 0.2) is 11.6 Å². The number of carbonyl (C=O) groups is 1. The SMILES string of the molecule is CCOC(=O)C(C)(C)c1csc(-c2ncc(Cl)s2)n1. The Bertz CT molecular complexity index is 592. The van der Waals surface area contributed by atoms with Crippen LogP contribution in [-0.2, 0) is 14.9 Å². The van der Waals surface area contributed by atoms with Crippen LogP contribution in [0.5, 0.6) is 0 Å². The Labute approximate surface area is 124 Å². The van der Waals surface area contributed by atoms with E-state index in [1.54, 1.807) is 27.0 Å². The van der Waals surface area contributed by atoms with Crippen LogP contribution >= 0.6 is 34.3 Å². The maximum Gasteiger partial charge on any atom is 0.317 e. The van der Waals surface area contributed by atoms with Gasteiger partial charge in [0.1, 0.15) is 9.75 Å². The summed E-state index contributed by atoms with van der Waals surface area (Å²) in [6, 6.07) is 0. The Morgan fingerprint density at radius 3 is 2.79 bits per heavy atom. The summed E-state index contributed by atoms with van der Waals surface area (Å²) in [5.41, 5.74) is -0.0662. The quantitative estimate of drug-likeness (QED) is 0.806. The topological polar surface area (TPSA) is 52.1 Å². The normalized spacial score (nSPS) is 11.6. The first-order valence-corrected chi connectivity index (χ1v) is 7.77. The Balaban J connectivity index is 2.28. The van der Waals surface area contributed by atoms with Crippen molar-refractivity contribution in [1.82, 2.24) is 9.97 Å². The van der Waals surface area contributed by atoms with E-state index in [0.29, 0.717) is 16.6 Å². The number of esters is 1. The van der Waals surface area contributed by atoms with E-state index in [1.165, 1.54) is 22.7 Å². The smallest absolute Gasteiger partial charge is 0.317 e. The standard InChI is InChI=1S/C12H13ClN2O2S2/c1-4-17-11(16)12(2,3)7-6-18-10(15-7)9-14-5-8(13)19-9/h5-6H,4H2,1-3H3. The van der Waals surface area contributed by atoms with Gasteiger partial charge in [-0.2, -0.15) is 0 Å². The zero-order chi connectivity index (χ0) is 14.0. The first kappa shape index (κ1) is 14.4. The van der Waals surface area contributed by atoms with Gasteiger partial charge in [0, 0.05) is 5.38 Å². The van der Waals surface area contributed by atoms with Gasteiger partial charge in [0.05, 0.1) is 18.5 Å². The van der Waals surface area contributed by atoms with E-state index in [0.717, 1.165) is 10.0 Å². The lowest BCUT2D eigenvalue weighted by Gasteiger charge is -2.19. The average molecular weight is 317 g/mol. The van der Waals surface area contributed by atoms with Gasteiger partial charge in [-0.1, -0.05) is 22.9 Å². The zero-order valence-electron chi connectivity index (χ0n) is 10.8. The first-order valence-electron chi connectivity index (χ1n) is 5.70. The van der Waals surface area contributed by atoms with Crippen LogP contribution in [0.25, 0.3) is 10.0 Å². The van der Waals surface area contributed by atoms with Gasteiger partial charge in [0.25, 0.3) is 0 Å². The zero-order valence-corrected chi connectivity index (χ0v) is 13.2. The molecule has 0 atom stereocenters. The molecule has 2 heterocycles. The molecule has 0 saturated heterocycles. The largest absolute Gasteiger partial charge is 0.465 e. The molecular weight excluding hydrogens is 304 g/mol. The molecule has 0 N–H and O–H groups in total. The molecule has 4 nitrogen and oxygen atoms in total. The fourth-order valence-corrected chi connectivity index (χ4v) is 3.37. The molecule has 0 bridgehead atoms. The molecule has 0 fully saturated rings. The van der Waals surface area contributed by atoms with Crippen LogP contribution in [0.3, 0.4) is 0 Å². The third-order valence-electron chi connectivity index (χ3n) is 2.59. The van der Waals surface area contributed by atoms with Crippen molar-refractivity contribution >= 4 is 40.2 Å². The van der Waals surface area contributed by atoms with Gasteiger partial charge < -0.3 is 4.74 Å². The van der Waals surface area contributed by atoms with E-state index in [2.05, 4.69) is 9.97 Å². The fourth-order valence-electron chi connectivity index (χ4n) is 1.43. The van der Waals surface area contributed by atoms with Crippen molar-refractivity contribution in [2.24, 2.45) is 0 Å². The molecule has 0 aliphatic heterocycles. The van der Waals surface area contributed by atoms with Gasteiger partial charge in [-0.25, -0.2) is 9.97 Å². The maximum atomic E-state index is 11.9. The molecule has 102 valence electrons. The Kier molecular flexibility index (Phi) is 4.23. The summed E-state index contributed by atoms with van der Waals surface area (Å²) in [5.74, 6) is -0.274. The first-order chi connectivity index (χ1) is 8.95. The van der Waals surface area contributed by atoms with Gasteiger partial charge in [-0.05, 0) is 20.8 Å². The number of thiazole rings is 2. The highest BCUT2D eigenvalue weighted by Crippen LogP contribution is 2.34. The van der Waals surface area contributed by atoms with Crippen molar-refractivity contribution in [2.45, 2.75) is 26.2 Å². The summed E-state index contributed by atoms with van der Waals surface area (Å²) in [5, 5.41) is 3.40. The molecule has 2 rings (SSSR count). The number of halogens is 1. The van der Waals surface area contributed by atoms with Crippen LogP contribution < -0.4 is 0 Å². The van der Waals surface area contributed by atoms with Crippen molar-refractivity contribution in [2.75, 3.05) is 6.61 Å². The lowest BCUT2D eigenvalue weighted by atomic mass is 9.90. The van der Waals surface area contributed by atoms with Gasteiger partial charge in [0.2, 0.25) is 0 Å². The summed E-state index contributed by atoms with van der Waals surface area (Å²) in [6.45, 7) is 5.76. The van der Waals surface area contributed by atoms with Crippen molar-refractivity contribution in [1.29, 1.82) is 0 Å². The average Bonchev–Trinajstić information content (AvgIpc) is 2.97. The number of hydrogen-bond donors (Lipinski definition) is 0. The number of hydrogen-bond acceptors (Lipinski definition) is 6. The predicted molar refractivity (Wildman–Crippen MR) is 77.9 cm³/mol. The Morgan fingerprint density at radius 1 is 1.47 bits per heavy atom. The van der Waals surface area contributed by atoms with Crippen molar-refractivity contribution in [3.63, 3.8) is 0 Å². The maximum absolute atomic E-state index is 11.9. The lowest BCUT2D eigenvalue weighted by molar-refractivity contribution is -0.148. The molecule has 19 heavy (non-hydrogen) atoms. The van der Waals surface area contributed by atoms with E-state index in [1.807, 2.05) is 5.38 Å². The van der Waals surface area contributed by atoms with Gasteiger partial charge in [-0.15, -0.1) is 11.3 Å². The van der Waals surface area contributed by atoms with Gasteiger partial charge >= 0.3 is 5.97 Å². The van der Waals surface area contributed by atoms with E-state index in [9.17, 15) is 4.79 Å². The van der Waals surface area contributed by atoms with E-state index < -0.39 is 5.41 Å². The molecule has 0 amide bonds. The monoisotopic (exact) mass is 316 g/mol. The number of carbonyl (C=O) groups excluding carboxylic acids is 1. The molecule has 7 heteroatoms. The van der Waals surface area contributed by atoms with Crippen molar-refractivity contribution in [3.05, 3.63) is 21.6 Å². The van der Waals surface area contributed by atoms with Gasteiger partial charge in [0.15, 0.2) is 10.0 Å². The molecule has 0 unspecified atom stereocenters. The number of ether oxygens (including phenoxy) is 1. The minimum atomic E-state index is -0.758. The second-order valence-electron chi connectivity index (χ2n) is 4.35. The van der Waals surface area contributed by atoms with Crippen LogP contribution in [0, 0.1) is 0 Å². The van der Waals surface area contributed by atoms with Crippen molar-refractivity contribution in [3.8, 4) is 10.0 Å². The fraction of sp³-hybridized carbons (Fsp3) is 0.417. The van der Waals surface area contributed by atoms with Gasteiger partial charge in [-0.3, -0.25) is 4.79 Å². The number of aromatic nitrogens is 2. The third kappa shape index (κ3) is 2.96. The molecule has 0 aliphatic carbocycles. The summed E-state index contributed by atoms with van der Waals surface area (Å²) >= 11 is 8.68. The van der Waals surface area contributed by atoms with Crippen LogP contribution in [0.2, 0.25) is 4.34 Å². The van der Waals surface area contributed by atoms with E-state index >= 15 is 0 Å². The molecule has 2 aromatic rings. The molecule has 2 aromatic heterocycles. The molecule has 0 saturated carbocycles. The van der Waals surface area contributed by atoms with E-state index in [4.69, 9.17) is 16.3 Å². The molecule has 0 spiro atoms. The Hall–Kier alpha value is -0.980. The summed E-state index contributed by atoms with van der Waals surface area (Å²) in [7, 11) is 0. The number of nitrogens with zero attached hydrogens (tertiary/aromatic N) is 2. The molecule has 0 aromatic carbocycles. The second-order valence-corrected chi connectivity index (χ2v) is 6.87. The van der Waals surface area contributed by atoms with Crippen LogP contribution in [0.1, 0.15) is 26.5 Å². The summed E-state index contributed by atoms with van der Waals surface area (Å²) < 4.78 is 5.69. The Morgan fingerprint density at radius 2 is 2.21 bits per heavy atom. The highest BCUT2D eigenvalue weighted by Gasteiger charge is 2.34. The van der Waals surface area contributed by atoms with Crippen LogP contribution in [-0.4, -0.2) is 22.5 Å². The summed E-state index contributed by atoms with van der Waals surface area (Å²) in [6.07, 6.45) is 1.60. The number of rotatable bonds is 4. The lowest BCUT2D eigenvalue weighted by Crippen LogP contribution is -2.31. The molecule has 0 aliphatic rings.